The molecule has 0 fully saturated rings. The number of nitrogens with one attached hydrogen (secondary N) is 2. The van der Waals surface area contributed by atoms with Gasteiger partial charge in [-0.1, -0.05) is 0 Å². The quantitative estimate of drug-likeness (QED) is 0.0509. The van der Waals surface area contributed by atoms with Gasteiger partial charge in [-0.3, -0.25) is 9.59 Å². The fraction of sp³-hybridized carbons (Fsp3) is 0.267. The van der Waals surface area contributed by atoms with E-state index in [1.54, 1.807) is 64.1 Å². The van der Waals surface area contributed by atoms with Crippen molar-refractivity contribution >= 4 is 69.9 Å². The minimum absolute atomic E-state index is 0.148. The molecule has 0 heterocycles. The Morgan fingerprint density at radius 1 is 0.440 bits per heavy atom. The summed E-state index contributed by atoms with van der Waals surface area (Å²) in [5.74, 6) is -1.37. The average molecular weight is 689 g/mol. The molecule has 18 N–H and O–H groups in total. The van der Waals surface area contributed by atoms with Crippen molar-refractivity contribution in [1.29, 1.82) is 0 Å². The number of carbonyl (C=O) groups excluding carboxylic acids is 2. The summed E-state index contributed by atoms with van der Waals surface area (Å²) in [7, 11) is 0. The zero-order chi connectivity index (χ0) is 37.4. The highest BCUT2D eigenvalue weighted by atomic mass is 16.2. The highest BCUT2D eigenvalue weighted by Gasteiger charge is 2.12. The lowest BCUT2D eigenvalue weighted by molar-refractivity contribution is -0.118. The first kappa shape index (κ1) is 39.3. The van der Waals surface area contributed by atoms with E-state index in [2.05, 4.69) is 51.4 Å². The maximum absolute atomic E-state index is 12.9. The van der Waals surface area contributed by atoms with Gasteiger partial charge in [-0.15, -0.1) is 20.4 Å². The van der Waals surface area contributed by atoms with Gasteiger partial charge in [-0.25, -0.2) is 0 Å². The van der Waals surface area contributed by atoms with Crippen molar-refractivity contribution in [3.8, 4) is 0 Å². The lowest BCUT2D eigenvalue weighted by Gasteiger charge is -2.12. The van der Waals surface area contributed by atoms with Gasteiger partial charge in [-0.2, -0.15) is 20.4 Å². The van der Waals surface area contributed by atoms with E-state index in [9.17, 15) is 9.59 Å². The van der Waals surface area contributed by atoms with Crippen LogP contribution in [0.15, 0.2) is 77.2 Å². The zero-order valence-corrected chi connectivity index (χ0v) is 28.3. The fourth-order valence-corrected chi connectivity index (χ4v) is 4.02. The molecule has 20 nitrogen and oxygen atoms in total. The second-order valence-corrected chi connectivity index (χ2v) is 10.7. The van der Waals surface area contributed by atoms with Crippen molar-refractivity contribution in [3.05, 3.63) is 58.7 Å². The van der Waals surface area contributed by atoms with Crippen LogP contribution in [0.3, 0.4) is 0 Å². The second-order valence-electron chi connectivity index (χ2n) is 10.7. The summed E-state index contributed by atoms with van der Waals surface area (Å²) < 4.78 is 0. The summed E-state index contributed by atoms with van der Waals surface area (Å²) in [6.07, 6.45) is 1.16. The molecule has 50 heavy (non-hydrogen) atoms. The number of nitrogens with two attached hydrogens (primary N) is 8. The number of hydrogen-bond donors (Lipinski definition) is 10. The van der Waals surface area contributed by atoms with Crippen LogP contribution in [0.25, 0.3) is 0 Å². The molecule has 0 aliphatic carbocycles. The first-order chi connectivity index (χ1) is 23.5. The van der Waals surface area contributed by atoms with E-state index in [1.807, 2.05) is 0 Å². The molecule has 266 valence electrons. The lowest BCUT2D eigenvalue weighted by atomic mass is 10.0. The summed E-state index contributed by atoms with van der Waals surface area (Å²) in [5, 5.41) is 36.5. The van der Waals surface area contributed by atoms with Crippen LogP contribution in [0.4, 0.5) is 11.4 Å². The Labute approximate surface area is 288 Å². The molecule has 0 saturated carbocycles. The van der Waals surface area contributed by atoms with E-state index < -0.39 is 0 Å². The standard InChI is InChI=1S/C30H44N18O2/c1-15(41-45-27(31)32)19-9-20(16(2)42-46-28(33)34)12-23(11-19)39-25(49)7-5-6-8-26(50)40-24-13-21(17(3)43-47-29(35)36)10-22(14-24)18(4)44-48-30(37)38/h9-14H,5-8H2,1-4H3,(H,39,49)(H,40,50)(H4,31,32,45)(H4,33,34,46)(H4,35,36,47)(H4,37,38,48)/b41-15-,42-16+,43-17-,44-18+. The Balaban J connectivity index is 2.15. The number of guanidine groups is 4. The van der Waals surface area contributed by atoms with Crippen LogP contribution >= 0.6 is 0 Å². The fourth-order valence-electron chi connectivity index (χ4n) is 4.02. The number of hydrogen-bond acceptors (Lipinski definition) is 10. The van der Waals surface area contributed by atoms with Gasteiger partial charge in [0.15, 0.2) is 0 Å². The molecule has 0 bridgehead atoms. The first-order valence-corrected chi connectivity index (χ1v) is 15.0. The maximum atomic E-state index is 12.9. The normalized spacial score (nSPS) is 12.0. The van der Waals surface area contributed by atoms with Crippen molar-refractivity contribution < 1.29 is 9.59 Å². The molecule has 0 atom stereocenters. The molecule has 2 rings (SSSR count). The van der Waals surface area contributed by atoms with Crippen molar-refractivity contribution in [2.24, 2.45) is 86.7 Å². The molecule has 0 saturated heterocycles. The van der Waals surface area contributed by atoms with E-state index in [4.69, 9.17) is 45.9 Å². The van der Waals surface area contributed by atoms with E-state index in [1.165, 1.54) is 0 Å². The third-order valence-electron chi connectivity index (χ3n) is 6.42. The molecule has 2 amide bonds. The SMILES string of the molecule is C/C(=N/N=C(N)N)c1cc(NC(=O)CCCCC(=O)Nc2cc(/C(C)=N\N=C(N)N)cc(/C(C)=N/N=C(N)N)c2)cc(/C(C)=N/N=C(N)N)c1. The van der Waals surface area contributed by atoms with Crippen LogP contribution < -0.4 is 56.5 Å². The molecule has 0 spiro atoms. The molecule has 2 aromatic carbocycles. The van der Waals surface area contributed by atoms with Gasteiger partial charge in [-0.05, 0) is 76.9 Å². The van der Waals surface area contributed by atoms with Crippen LogP contribution in [0, 0.1) is 0 Å². The Bertz CT molecular complexity index is 1570. The van der Waals surface area contributed by atoms with Gasteiger partial charge < -0.3 is 56.5 Å². The molecule has 0 aromatic heterocycles. The van der Waals surface area contributed by atoms with Gasteiger partial charge in [0.1, 0.15) is 0 Å². The second kappa shape index (κ2) is 19.1. The minimum Gasteiger partial charge on any atom is -0.369 e. The summed E-state index contributed by atoms with van der Waals surface area (Å²) in [5.41, 5.74) is 48.4. The van der Waals surface area contributed by atoms with Crippen LogP contribution in [-0.4, -0.2) is 58.5 Å². The zero-order valence-electron chi connectivity index (χ0n) is 28.3. The number of anilines is 2. The molecule has 0 radical (unpaired) electrons. The Kier molecular flexibility index (Phi) is 15.0. The molecule has 0 unspecified atom stereocenters. The predicted molar refractivity (Wildman–Crippen MR) is 201 cm³/mol. The number of rotatable bonds is 15. The van der Waals surface area contributed by atoms with Crippen LogP contribution in [0.2, 0.25) is 0 Å². The lowest BCUT2D eigenvalue weighted by Crippen LogP contribution is -2.22. The number of nitrogens with zero attached hydrogens (tertiary/aromatic N) is 8. The van der Waals surface area contributed by atoms with Crippen molar-refractivity contribution in [3.63, 3.8) is 0 Å². The van der Waals surface area contributed by atoms with Gasteiger partial charge in [0.2, 0.25) is 35.7 Å². The number of amides is 2. The van der Waals surface area contributed by atoms with Gasteiger partial charge in [0, 0.05) is 46.5 Å². The Morgan fingerprint density at radius 3 is 0.900 bits per heavy atom. The van der Waals surface area contributed by atoms with Crippen LogP contribution in [0.1, 0.15) is 75.6 Å². The molecule has 20 heteroatoms. The average Bonchev–Trinajstić information content (AvgIpc) is 3.05. The van der Waals surface area contributed by atoms with Gasteiger partial charge in [0.25, 0.3) is 0 Å². The predicted octanol–water partition coefficient (Wildman–Crippen LogP) is -0.186. The molecular formula is C30H44N18O2. The Morgan fingerprint density at radius 2 is 0.680 bits per heavy atom. The summed E-state index contributed by atoms with van der Waals surface area (Å²) in [6, 6.07) is 10.4. The van der Waals surface area contributed by atoms with E-state index in [0.29, 0.717) is 69.3 Å². The number of unbranched alkanes of at least 4 members (excludes halogenated alkanes) is 1. The largest absolute Gasteiger partial charge is 0.369 e. The molecule has 2 aromatic rings. The van der Waals surface area contributed by atoms with Crippen LogP contribution in [0.5, 0.6) is 0 Å². The van der Waals surface area contributed by atoms with Gasteiger partial charge >= 0.3 is 0 Å². The van der Waals surface area contributed by atoms with E-state index in [-0.39, 0.29) is 48.5 Å². The van der Waals surface area contributed by atoms with Crippen molar-refractivity contribution in [2.75, 3.05) is 10.6 Å². The summed E-state index contributed by atoms with van der Waals surface area (Å²) in [4.78, 5) is 25.8. The highest BCUT2D eigenvalue weighted by molar-refractivity contribution is 6.07. The topological polar surface area (TPSA) is 365 Å². The summed E-state index contributed by atoms with van der Waals surface area (Å²) in [6.45, 7) is 6.80. The monoisotopic (exact) mass is 688 g/mol. The molecule has 0 aliphatic heterocycles. The van der Waals surface area contributed by atoms with E-state index in [0.717, 1.165) is 0 Å². The van der Waals surface area contributed by atoms with Gasteiger partial charge in [0.05, 0.1) is 22.8 Å². The number of carbonyl (C=O) groups is 2. The van der Waals surface area contributed by atoms with Crippen LogP contribution in [-0.2, 0) is 9.59 Å². The van der Waals surface area contributed by atoms with Crippen molar-refractivity contribution in [1.82, 2.24) is 0 Å². The third kappa shape index (κ3) is 14.3. The Hall–Kier alpha value is -6.86. The smallest absolute Gasteiger partial charge is 0.224 e. The first-order valence-electron chi connectivity index (χ1n) is 15.0. The maximum Gasteiger partial charge on any atom is 0.224 e. The molecular weight excluding hydrogens is 644 g/mol. The number of benzene rings is 2. The molecule has 0 aliphatic rings. The minimum atomic E-state index is -0.269. The van der Waals surface area contributed by atoms with Crippen molar-refractivity contribution in [2.45, 2.75) is 53.4 Å². The highest BCUT2D eigenvalue weighted by Crippen LogP contribution is 2.20. The third-order valence-corrected chi connectivity index (χ3v) is 6.42. The van der Waals surface area contributed by atoms with E-state index >= 15 is 0 Å². The summed E-state index contributed by atoms with van der Waals surface area (Å²) >= 11 is 0.